The number of rotatable bonds is 8. The van der Waals surface area contributed by atoms with E-state index in [4.69, 9.17) is 20.8 Å². The van der Waals surface area contributed by atoms with Gasteiger partial charge in [0.1, 0.15) is 5.75 Å². The first kappa shape index (κ1) is 18.8. The van der Waals surface area contributed by atoms with Crippen molar-refractivity contribution < 1.29 is 9.15 Å². The zero-order chi connectivity index (χ0) is 19.2. The Labute approximate surface area is 174 Å². The minimum Gasteiger partial charge on any atom is -0.484 e. The molecule has 1 N–H and O–H groups in total. The highest BCUT2D eigenvalue weighted by Crippen LogP contribution is 2.26. The standard InChI is InChI=1S/C19H15ClN4O2S2/c20-13-6-8-16(9-7-13)25-10-17-23-24-19(26-17)28-12-15-11-27-18(22-15)21-14-4-2-1-3-5-14/h1-9,11H,10,12H2,(H,21,22). The highest BCUT2D eigenvalue weighted by atomic mass is 35.5. The lowest BCUT2D eigenvalue weighted by atomic mass is 10.3. The molecular weight excluding hydrogens is 416 g/mol. The van der Waals surface area contributed by atoms with E-state index in [2.05, 4.69) is 20.5 Å². The van der Waals surface area contributed by atoms with Crippen LogP contribution in [0.3, 0.4) is 0 Å². The number of thiazole rings is 1. The van der Waals surface area contributed by atoms with E-state index in [1.165, 1.54) is 11.8 Å². The Morgan fingerprint density at radius 3 is 2.71 bits per heavy atom. The second kappa shape index (κ2) is 9.09. The van der Waals surface area contributed by atoms with Gasteiger partial charge in [-0.25, -0.2) is 4.98 Å². The van der Waals surface area contributed by atoms with E-state index in [1.807, 2.05) is 35.7 Å². The third-order valence-electron chi connectivity index (χ3n) is 3.54. The number of hydrogen-bond donors (Lipinski definition) is 1. The highest BCUT2D eigenvalue weighted by molar-refractivity contribution is 7.98. The minimum absolute atomic E-state index is 0.205. The fourth-order valence-electron chi connectivity index (χ4n) is 2.24. The molecule has 2 heterocycles. The molecule has 0 atom stereocenters. The van der Waals surface area contributed by atoms with E-state index in [9.17, 15) is 0 Å². The zero-order valence-electron chi connectivity index (χ0n) is 14.5. The molecule has 0 radical (unpaired) electrons. The van der Waals surface area contributed by atoms with Crippen LogP contribution in [0.15, 0.2) is 69.6 Å². The molecule has 6 nitrogen and oxygen atoms in total. The molecule has 0 spiro atoms. The number of thioether (sulfide) groups is 1. The summed E-state index contributed by atoms with van der Waals surface area (Å²) in [4.78, 5) is 4.57. The fraction of sp³-hybridized carbons (Fsp3) is 0.105. The van der Waals surface area contributed by atoms with Crippen LogP contribution in [0.25, 0.3) is 0 Å². The summed E-state index contributed by atoms with van der Waals surface area (Å²) in [6.45, 7) is 0.205. The van der Waals surface area contributed by atoms with Gasteiger partial charge in [-0.3, -0.25) is 0 Å². The van der Waals surface area contributed by atoms with E-state index >= 15 is 0 Å². The van der Waals surface area contributed by atoms with E-state index < -0.39 is 0 Å². The Morgan fingerprint density at radius 2 is 1.89 bits per heavy atom. The fourth-order valence-corrected chi connectivity index (χ4v) is 3.88. The first-order chi connectivity index (χ1) is 13.7. The molecule has 0 bridgehead atoms. The number of anilines is 2. The van der Waals surface area contributed by atoms with Crippen LogP contribution in [0.2, 0.25) is 5.02 Å². The van der Waals surface area contributed by atoms with E-state index in [0.29, 0.717) is 27.6 Å². The number of ether oxygens (including phenoxy) is 1. The molecule has 0 amide bonds. The minimum atomic E-state index is 0.205. The maximum Gasteiger partial charge on any atom is 0.277 e. The maximum atomic E-state index is 5.85. The van der Waals surface area contributed by atoms with Gasteiger partial charge in [0, 0.05) is 21.8 Å². The molecule has 4 aromatic rings. The number of halogens is 1. The zero-order valence-corrected chi connectivity index (χ0v) is 16.9. The first-order valence-corrected chi connectivity index (χ1v) is 10.6. The predicted molar refractivity (Wildman–Crippen MR) is 111 cm³/mol. The monoisotopic (exact) mass is 430 g/mol. The van der Waals surface area contributed by atoms with Gasteiger partial charge in [0.05, 0.1) is 5.69 Å². The number of benzene rings is 2. The maximum absolute atomic E-state index is 5.85. The van der Waals surface area contributed by atoms with Crippen LogP contribution in [0.4, 0.5) is 10.8 Å². The van der Waals surface area contributed by atoms with E-state index in [0.717, 1.165) is 16.5 Å². The average molecular weight is 431 g/mol. The molecule has 0 aliphatic carbocycles. The number of nitrogens with zero attached hydrogens (tertiary/aromatic N) is 3. The van der Waals surface area contributed by atoms with Crippen molar-refractivity contribution in [3.63, 3.8) is 0 Å². The SMILES string of the molecule is Clc1ccc(OCc2nnc(SCc3csc(Nc4ccccc4)n3)o2)cc1. The summed E-state index contributed by atoms with van der Waals surface area (Å²) in [6.07, 6.45) is 0. The van der Waals surface area contributed by atoms with Crippen LogP contribution in [0.5, 0.6) is 5.75 Å². The molecule has 4 rings (SSSR count). The Balaban J connectivity index is 1.27. The van der Waals surface area contributed by atoms with E-state index in [1.54, 1.807) is 35.6 Å². The van der Waals surface area contributed by atoms with Crippen molar-refractivity contribution in [2.24, 2.45) is 0 Å². The summed E-state index contributed by atoms with van der Waals surface area (Å²) in [5.41, 5.74) is 1.96. The number of nitrogens with one attached hydrogen (secondary N) is 1. The van der Waals surface area contributed by atoms with Crippen LogP contribution in [0.1, 0.15) is 11.6 Å². The molecule has 0 aliphatic heterocycles. The van der Waals surface area contributed by atoms with Crippen LogP contribution in [-0.2, 0) is 12.4 Å². The molecule has 0 unspecified atom stereocenters. The number of para-hydroxylation sites is 1. The molecule has 9 heteroatoms. The van der Waals surface area contributed by atoms with Gasteiger partial charge in [-0.15, -0.1) is 21.5 Å². The Kier molecular flexibility index (Phi) is 6.11. The molecular formula is C19H15ClN4O2S2. The smallest absolute Gasteiger partial charge is 0.277 e. The average Bonchev–Trinajstić information content (AvgIpc) is 3.36. The van der Waals surface area contributed by atoms with E-state index in [-0.39, 0.29) is 6.61 Å². The summed E-state index contributed by atoms with van der Waals surface area (Å²) in [7, 11) is 0. The van der Waals surface area contributed by atoms with Crippen molar-refractivity contribution in [1.82, 2.24) is 15.2 Å². The summed E-state index contributed by atoms with van der Waals surface area (Å²) >= 11 is 8.85. The third kappa shape index (κ3) is 5.25. The number of hydrogen-bond acceptors (Lipinski definition) is 8. The van der Waals surface area contributed by atoms with Gasteiger partial charge in [-0.05, 0) is 36.4 Å². The van der Waals surface area contributed by atoms with Crippen molar-refractivity contribution in [3.05, 3.63) is 76.6 Å². The lowest BCUT2D eigenvalue weighted by Crippen LogP contribution is -1.95. The van der Waals surface area contributed by atoms with Gasteiger partial charge < -0.3 is 14.5 Å². The predicted octanol–water partition coefficient (Wildman–Crippen LogP) is 5.79. The van der Waals surface area contributed by atoms with Crippen LogP contribution in [-0.4, -0.2) is 15.2 Å². The quantitative estimate of drug-likeness (QED) is 0.354. The second-order valence-electron chi connectivity index (χ2n) is 5.63. The van der Waals surface area contributed by atoms with Crippen LogP contribution >= 0.6 is 34.7 Å². The largest absolute Gasteiger partial charge is 0.484 e. The van der Waals surface area contributed by atoms with Crippen molar-refractivity contribution >= 4 is 45.5 Å². The summed E-state index contributed by atoms with van der Waals surface area (Å²) in [6, 6.07) is 17.1. The summed E-state index contributed by atoms with van der Waals surface area (Å²) in [5, 5.41) is 15.3. The molecule has 0 fully saturated rings. The van der Waals surface area contributed by atoms with Crippen molar-refractivity contribution in [2.45, 2.75) is 17.6 Å². The van der Waals surface area contributed by atoms with Crippen LogP contribution < -0.4 is 10.1 Å². The highest BCUT2D eigenvalue weighted by Gasteiger charge is 2.10. The van der Waals surface area contributed by atoms with Crippen molar-refractivity contribution in [2.75, 3.05) is 5.32 Å². The summed E-state index contributed by atoms with van der Waals surface area (Å²) in [5.74, 6) is 1.76. The number of aromatic nitrogens is 3. The Morgan fingerprint density at radius 1 is 1.07 bits per heavy atom. The lowest BCUT2D eigenvalue weighted by molar-refractivity contribution is 0.252. The molecule has 2 aromatic heterocycles. The van der Waals surface area contributed by atoms with Crippen LogP contribution in [0, 0.1) is 0 Å². The third-order valence-corrected chi connectivity index (χ3v) is 5.46. The summed E-state index contributed by atoms with van der Waals surface area (Å²) < 4.78 is 11.2. The van der Waals surface area contributed by atoms with Gasteiger partial charge in [-0.1, -0.05) is 41.6 Å². The molecule has 142 valence electrons. The molecule has 2 aromatic carbocycles. The Bertz CT molecular complexity index is 1020. The second-order valence-corrected chi connectivity index (χ2v) is 7.85. The topological polar surface area (TPSA) is 73.1 Å². The van der Waals surface area contributed by atoms with Gasteiger partial charge >= 0.3 is 0 Å². The first-order valence-electron chi connectivity index (χ1n) is 8.34. The molecule has 0 saturated heterocycles. The molecule has 0 saturated carbocycles. The molecule has 0 aliphatic rings. The Hall–Kier alpha value is -2.55. The lowest BCUT2D eigenvalue weighted by Gasteiger charge is -2.02. The van der Waals surface area contributed by atoms with Gasteiger partial charge in [0.25, 0.3) is 11.1 Å². The normalized spacial score (nSPS) is 10.8. The van der Waals surface area contributed by atoms with Gasteiger partial charge in [-0.2, -0.15) is 0 Å². The van der Waals surface area contributed by atoms with Crippen molar-refractivity contribution in [3.8, 4) is 5.75 Å². The van der Waals surface area contributed by atoms with Gasteiger partial charge in [0.15, 0.2) is 11.7 Å². The molecule has 28 heavy (non-hydrogen) atoms. The van der Waals surface area contributed by atoms with Crippen molar-refractivity contribution in [1.29, 1.82) is 0 Å². The van der Waals surface area contributed by atoms with Gasteiger partial charge in [0.2, 0.25) is 0 Å².